The molecular formula is C15H22N2O3S. The molecule has 0 spiro atoms. The van der Waals surface area contributed by atoms with E-state index in [0.717, 1.165) is 18.4 Å². The van der Waals surface area contributed by atoms with Crippen molar-refractivity contribution in [2.45, 2.75) is 25.2 Å². The second-order valence-corrected chi connectivity index (χ2v) is 7.73. The van der Waals surface area contributed by atoms with Crippen LogP contribution in [0.4, 0.5) is 0 Å². The molecule has 1 saturated heterocycles. The Morgan fingerprint density at radius 2 is 1.67 bits per heavy atom. The van der Waals surface area contributed by atoms with Crippen molar-refractivity contribution in [2.24, 2.45) is 5.92 Å². The van der Waals surface area contributed by atoms with Crippen LogP contribution in [0.3, 0.4) is 0 Å². The van der Waals surface area contributed by atoms with Crippen LogP contribution in [0.1, 0.15) is 19.4 Å². The van der Waals surface area contributed by atoms with Gasteiger partial charge in [-0.1, -0.05) is 26.0 Å². The van der Waals surface area contributed by atoms with Gasteiger partial charge in [-0.25, -0.2) is 8.42 Å². The van der Waals surface area contributed by atoms with E-state index in [-0.39, 0.29) is 0 Å². The minimum Gasteiger partial charge on any atom is -0.343 e. The predicted octanol–water partition coefficient (Wildman–Crippen LogP) is 1.35. The van der Waals surface area contributed by atoms with Crippen LogP contribution in [0.15, 0.2) is 29.2 Å². The van der Waals surface area contributed by atoms with Crippen LogP contribution in [0.2, 0.25) is 0 Å². The highest BCUT2D eigenvalue weighted by atomic mass is 32.2. The highest BCUT2D eigenvalue weighted by Crippen LogP contribution is 2.19. The Bertz CT molecular complexity index is 573. The van der Waals surface area contributed by atoms with Crippen molar-refractivity contribution in [2.75, 3.05) is 26.2 Å². The molecule has 0 N–H and O–H groups in total. The first-order chi connectivity index (χ1) is 9.93. The van der Waals surface area contributed by atoms with Gasteiger partial charge in [-0.2, -0.15) is 4.31 Å². The van der Waals surface area contributed by atoms with E-state index in [1.165, 1.54) is 4.31 Å². The number of carbonyl (C=O) groups excluding carboxylic acids is 1. The van der Waals surface area contributed by atoms with E-state index >= 15 is 0 Å². The molecule has 1 aliphatic rings. The first-order valence-electron chi connectivity index (χ1n) is 7.22. The quantitative estimate of drug-likeness (QED) is 0.771. The van der Waals surface area contributed by atoms with E-state index in [1.54, 1.807) is 17.0 Å². The monoisotopic (exact) mass is 310 g/mol. The molecule has 1 aliphatic heterocycles. The Labute approximate surface area is 126 Å². The van der Waals surface area contributed by atoms with Crippen LogP contribution in [0.25, 0.3) is 0 Å². The fourth-order valence-corrected chi connectivity index (χ4v) is 3.89. The Morgan fingerprint density at radius 1 is 1.10 bits per heavy atom. The summed E-state index contributed by atoms with van der Waals surface area (Å²) >= 11 is 0. The Balaban J connectivity index is 2.11. The maximum absolute atomic E-state index is 12.5. The zero-order valence-corrected chi connectivity index (χ0v) is 13.3. The van der Waals surface area contributed by atoms with Gasteiger partial charge in [-0.05, 0) is 30.0 Å². The molecule has 6 heteroatoms. The number of nitrogens with zero attached hydrogens (tertiary/aromatic N) is 2. The first kappa shape index (κ1) is 16.0. The van der Waals surface area contributed by atoms with Gasteiger partial charge in [0, 0.05) is 26.2 Å². The minimum atomic E-state index is -3.45. The number of piperazine rings is 1. The number of carbonyl (C=O) groups is 1. The zero-order valence-electron chi connectivity index (χ0n) is 12.5. The smallest absolute Gasteiger partial charge is 0.243 e. The maximum atomic E-state index is 12.5. The average Bonchev–Trinajstić information content (AvgIpc) is 2.47. The third-order valence-electron chi connectivity index (χ3n) is 3.63. The van der Waals surface area contributed by atoms with Crippen LogP contribution < -0.4 is 0 Å². The highest BCUT2D eigenvalue weighted by molar-refractivity contribution is 7.89. The van der Waals surface area contributed by atoms with Crippen molar-refractivity contribution in [1.82, 2.24) is 9.21 Å². The molecule has 21 heavy (non-hydrogen) atoms. The van der Waals surface area contributed by atoms with Gasteiger partial charge in [0.2, 0.25) is 16.4 Å². The summed E-state index contributed by atoms with van der Waals surface area (Å²) < 4.78 is 26.5. The SMILES string of the molecule is CC(C)Cc1ccc(S(=O)(=O)N2CCN(C=O)CC2)cc1. The molecular weight excluding hydrogens is 288 g/mol. The molecule has 0 aliphatic carbocycles. The lowest BCUT2D eigenvalue weighted by molar-refractivity contribution is -0.119. The number of hydrogen-bond acceptors (Lipinski definition) is 3. The van der Waals surface area contributed by atoms with Gasteiger partial charge >= 0.3 is 0 Å². The number of benzene rings is 1. The summed E-state index contributed by atoms with van der Waals surface area (Å²) in [7, 11) is -3.45. The van der Waals surface area contributed by atoms with Gasteiger partial charge in [0.05, 0.1) is 4.90 Å². The Morgan fingerprint density at radius 3 is 2.14 bits per heavy atom. The molecule has 0 unspecified atom stereocenters. The summed E-state index contributed by atoms with van der Waals surface area (Å²) in [5.74, 6) is 0.545. The highest BCUT2D eigenvalue weighted by Gasteiger charge is 2.27. The first-order valence-corrected chi connectivity index (χ1v) is 8.66. The maximum Gasteiger partial charge on any atom is 0.243 e. The van der Waals surface area contributed by atoms with Crippen LogP contribution in [0.5, 0.6) is 0 Å². The number of amides is 1. The molecule has 1 heterocycles. The van der Waals surface area contributed by atoms with Gasteiger partial charge < -0.3 is 4.90 Å². The van der Waals surface area contributed by atoms with E-state index in [4.69, 9.17) is 0 Å². The van der Waals surface area contributed by atoms with Crippen LogP contribution in [-0.4, -0.2) is 50.2 Å². The van der Waals surface area contributed by atoms with Gasteiger partial charge in [0.1, 0.15) is 0 Å². The largest absolute Gasteiger partial charge is 0.343 e. The molecule has 116 valence electrons. The van der Waals surface area contributed by atoms with E-state index < -0.39 is 10.0 Å². The topological polar surface area (TPSA) is 57.7 Å². The fraction of sp³-hybridized carbons (Fsp3) is 0.533. The average molecular weight is 310 g/mol. The molecule has 5 nitrogen and oxygen atoms in total. The van der Waals surface area contributed by atoms with E-state index in [9.17, 15) is 13.2 Å². The molecule has 1 aromatic carbocycles. The van der Waals surface area contributed by atoms with Crippen LogP contribution in [0, 0.1) is 5.92 Å². The summed E-state index contributed by atoms with van der Waals surface area (Å²) in [5, 5.41) is 0. The van der Waals surface area contributed by atoms with E-state index in [1.807, 2.05) is 12.1 Å². The summed E-state index contributed by atoms with van der Waals surface area (Å²) in [6.45, 7) is 5.89. The zero-order chi connectivity index (χ0) is 15.5. The molecule has 0 bridgehead atoms. The lowest BCUT2D eigenvalue weighted by atomic mass is 10.0. The van der Waals surface area contributed by atoms with Crippen molar-refractivity contribution < 1.29 is 13.2 Å². The third-order valence-corrected chi connectivity index (χ3v) is 5.54. The van der Waals surface area contributed by atoms with Gasteiger partial charge in [0.15, 0.2) is 0 Å². The standard InChI is InChI=1S/C15H22N2O3S/c1-13(2)11-14-3-5-15(6-4-14)21(19,20)17-9-7-16(12-18)8-10-17/h3-6,12-13H,7-11H2,1-2H3. The van der Waals surface area contributed by atoms with Crippen molar-refractivity contribution in [3.8, 4) is 0 Å². The fourth-order valence-electron chi connectivity index (χ4n) is 2.47. The van der Waals surface area contributed by atoms with Gasteiger partial charge in [-0.3, -0.25) is 4.79 Å². The van der Waals surface area contributed by atoms with Gasteiger partial charge in [0.25, 0.3) is 0 Å². The summed E-state index contributed by atoms with van der Waals surface area (Å²) in [6, 6.07) is 7.13. The number of hydrogen-bond donors (Lipinski definition) is 0. The lowest BCUT2D eigenvalue weighted by Gasteiger charge is -2.31. The summed E-state index contributed by atoms with van der Waals surface area (Å²) in [6.07, 6.45) is 1.71. The molecule has 0 saturated carbocycles. The summed E-state index contributed by atoms with van der Waals surface area (Å²) in [5.41, 5.74) is 1.15. The Hall–Kier alpha value is -1.40. The van der Waals surface area contributed by atoms with E-state index in [2.05, 4.69) is 13.8 Å². The lowest BCUT2D eigenvalue weighted by Crippen LogP contribution is -2.47. The third kappa shape index (κ3) is 3.83. The molecule has 0 radical (unpaired) electrons. The second-order valence-electron chi connectivity index (χ2n) is 5.79. The molecule has 1 amide bonds. The minimum absolute atomic E-state index is 0.328. The van der Waals surface area contributed by atoms with Gasteiger partial charge in [-0.15, -0.1) is 0 Å². The van der Waals surface area contributed by atoms with Crippen LogP contribution >= 0.6 is 0 Å². The predicted molar refractivity (Wildman–Crippen MR) is 81.4 cm³/mol. The van der Waals surface area contributed by atoms with Crippen molar-refractivity contribution in [1.29, 1.82) is 0 Å². The number of rotatable bonds is 5. The molecule has 1 fully saturated rings. The molecule has 1 aromatic rings. The van der Waals surface area contributed by atoms with Crippen molar-refractivity contribution >= 4 is 16.4 Å². The second kappa shape index (κ2) is 6.58. The van der Waals surface area contributed by atoms with E-state index in [0.29, 0.717) is 37.0 Å². The Kier molecular flexibility index (Phi) is 5.00. The van der Waals surface area contributed by atoms with Crippen LogP contribution in [-0.2, 0) is 21.2 Å². The summed E-state index contributed by atoms with van der Waals surface area (Å²) in [4.78, 5) is 12.6. The molecule has 0 atom stereocenters. The normalized spacial score (nSPS) is 17.2. The van der Waals surface area contributed by atoms with Crippen molar-refractivity contribution in [3.63, 3.8) is 0 Å². The number of sulfonamides is 1. The van der Waals surface area contributed by atoms with Crippen molar-refractivity contribution in [3.05, 3.63) is 29.8 Å². The molecule has 0 aromatic heterocycles. The molecule has 2 rings (SSSR count).